The normalized spacial score (nSPS) is 23.7. The van der Waals surface area contributed by atoms with E-state index in [2.05, 4.69) is 152 Å². The van der Waals surface area contributed by atoms with E-state index < -0.39 is 0 Å². The zero-order chi connectivity index (χ0) is 33.7. The third-order valence-electron chi connectivity index (χ3n) is 13.1. The van der Waals surface area contributed by atoms with Crippen LogP contribution in [-0.4, -0.2) is 36.6 Å². The number of hydrogen-bond donors (Lipinski definition) is 0. The minimum Gasteiger partial charge on any atom is -0.399 e. The van der Waals surface area contributed by atoms with Crippen molar-refractivity contribution in [1.29, 1.82) is 0 Å². The molecule has 0 bridgehead atoms. The Bertz CT molecular complexity index is 1690. The molecule has 4 nitrogen and oxygen atoms in total. The van der Waals surface area contributed by atoms with Crippen LogP contribution in [0.1, 0.15) is 103 Å². The summed E-state index contributed by atoms with van der Waals surface area (Å²) in [5.41, 5.74) is 9.01. The molecular formula is C42H48B2O4. The fraction of sp³-hybridized carbons (Fsp3) is 0.429. The monoisotopic (exact) mass is 638 g/mol. The van der Waals surface area contributed by atoms with Gasteiger partial charge in [0.15, 0.2) is 0 Å². The summed E-state index contributed by atoms with van der Waals surface area (Å²) in [6, 6.07) is 36.4. The van der Waals surface area contributed by atoms with E-state index in [1.165, 1.54) is 33.4 Å². The molecule has 4 aliphatic rings. The summed E-state index contributed by atoms with van der Waals surface area (Å²) in [6.45, 7) is 16.9. The summed E-state index contributed by atoms with van der Waals surface area (Å²) in [5, 5.41) is 0. The fourth-order valence-electron chi connectivity index (χ4n) is 8.68. The quantitative estimate of drug-likeness (QED) is 0.212. The summed E-state index contributed by atoms with van der Waals surface area (Å²) in [5.74, 6) is 0. The second kappa shape index (κ2) is 10.7. The molecule has 0 atom stereocenters. The van der Waals surface area contributed by atoms with E-state index in [9.17, 15) is 0 Å². The highest BCUT2D eigenvalue weighted by Gasteiger charge is 2.54. The molecule has 2 saturated heterocycles. The van der Waals surface area contributed by atoms with E-state index >= 15 is 0 Å². The molecule has 0 amide bonds. The van der Waals surface area contributed by atoms with Crippen molar-refractivity contribution in [1.82, 2.24) is 0 Å². The highest BCUT2D eigenvalue weighted by molar-refractivity contribution is 6.62. The third kappa shape index (κ3) is 4.66. The van der Waals surface area contributed by atoms with Gasteiger partial charge in [0.25, 0.3) is 0 Å². The Morgan fingerprint density at radius 1 is 0.396 bits per heavy atom. The SMILES string of the molecule is CC1(C)OB(c2ccc(C3(c4ccc(B5OC(C)(C)C(C)(C)O5)cc4)CCC4(CC3)c3ccccc3-c3ccccc34)cc2)OC1(C)C. The highest BCUT2D eigenvalue weighted by Crippen LogP contribution is 2.60. The molecule has 2 heterocycles. The van der Waals surface area contributed by atoms with Gasteiger partial charge in [0.05, 0.1) is 22.4 Å². The van der Waals surface area contributed by atoms with Crippen LogP contribution in [0.15, 0.2) is 97.1 Å². The number of hydrogen-bond acceptors (Lipinski definition) is 4. The van der Waals surface area contributed by atoms with Gasteiger partial charge in [-0.05, 0) is 125 Å². The van der Waals surface area contributed by atoms with Crippen molar-refractivity contribution < 1.29 is 18.6 Å². The molecule has 0 radical (unpaired) electrons. The van der Waals surface area contributed by atoms with Crippen molar-refractivity contribution in [2.45, 2.75) is 114 Å². The molecular weight excluding hydrogens is 590 g/mol. The van der Waals surface area contributed by atoms with Gasteiger partial charge in [-0.1, -0.05) is 97.1 Å². The van der Waals surface area contributed by atoms with Crippen LogP contribution in [0.4, 0.5) is 0 Å². The van der Waals surface area contributed by atoms with Crippen LogP contribution in [0.5, 0.6) is 0 Å². The molecule has 0 aromatic heterocycles. The van der Waals surface area contributed by atoms with E-state index in [4.69, 9.17) is 18.6 Å². The van der Waals surface area contributed by atoms with Gasteiger partial charge in [-0.15, -0.1) is 0 Å². The summed E-state index contributed by atoms with van der Waals surface area (Å²) in [7, 11) is -0.749. The number of benzene rings is 4. The summed E-state index contributed by atoms with van der Waals surface area (Å²) < 4.78 is 25.7. The predicted octanol–water partition coefficient (Wildman–Crippen LogP) is 8.11. The van der Waals surface area contributed by atoms with Crippen LogP contribution in [0.3, 0.4) is 0 Å². The third-order valence-corrected chi connectivity index (χ3v) is 13.1. The van der Waals surface area contributed by atoms with Crippen molar-refractivity contribution >= 4 is 25.2 Å². The van der Waals surface area contributed by atoms with Gasteiger partial charge in [0.1, 0.15) is 0 Å². The van der Waals surface area contributed by atoms with E-state index in [0.717, 1.165) is 36.6 Å². The first-order valence-corrected chi connectivity index (χ1v) is 17.8. The largest absolute Gasteiger partial charge is 0.494 e. The first kappa shape index (κ1) is 32.1. The fourth-order valence-corrected chi connectivity index (χ4v) is 8.68. The van der Waals surface area contributed by atoms with Crippen LogP contribution in [0, 0.1) is 0 Å². The molecule has 2 aliphatic carbocycles. The van der Waals surface area contributed by atoms with Gasteiger partial charge < -0.3 is 18.6 Å². The average molecular weight is 638 g/mol. The van der Waals surface area contributed by atoms with Gasteiger partial charge in [0.2, 0.25) is 0 Å². The minimum absolute atomic E-state index is 0.0297. The molecule has 0 unspecified atom stereocenters. The van der Waals surface area contributed by atoms with Crippen LogP contribution in [0.25, 0.3) is 11.1 Å². The average Bonchev–Trinajstić information content (AvgIpc) is 3.56. The minimum atomic E-state index is -0.375. The molecule has 2 aliphatic heterocycles. The first-order valence-electron chi connectivity index (χ1n) is 17.8. The number of rotatable bonds is 4. The van der Waals surface area contributed by atoms with Crippen LogP contribution < -0.4 is 10.9 Å². The first-order chi connectivity index (χ1) is 22.7. The molecule has 48 heavy (non-hydrogen) atoms. The maximum atomic E-state index is 6.42. The van der Waals surface area contributed by atoms with E-state index in [1.54, 1.807) is 0 Å². The lowest BCUT2D eigenvalue weighted by atomic mass is 9.56. The lowest BCUT2D eigenvalue weighted by Gasteiger charge is -2.47. The van der Waals surface area contributed by atoms with Gasteiger partial charge in [0, 0.05) is 10.8 Å². The van der Waals surface area contributed by atoms with Crippen molar-refractivity contribution in [3.8, 4) is 11.1 Å². The van der Waals surface area contributed by atoms with E-state index in [0.29, 0.717) is 0 Å². The van der Waals surface area contributed by atoms with Crippen LogP contribution >= 0.6 is 0 Å². The van der Waals surface area contributed by atoms with Gasteiger partial charge >= 0.3 is 14.2 Å². The summed E-state index contributed by atoms with van der Waals surface area (Å²) in [4.78, 5) is 0. The van der Waals surface area contributed by atoms with Crippen molar-refractivity contribution in [2.75, 3.05) is 0 Å². The smallest absolute Gasteiger partial charge is 0.399 e. The van der Waals surface area contributed by atoms with Crippen LogP contribution in [-0.2, 0) is 29.4 Å². The maximum absolute atomic E-state index is 6.42. The Balaban J connectivity index is 1.16. The molecule has 1 spiro atoms. The van der Waals surface area contributed by atoms with Crippen LogP contribution in [0.2, 0.25) is 0 Å². The Morgan fingerprint density at radius 3 is 1.06 bits per heavy atom. The lowest BCUT2D eigenvalue weighted by Crippen LogP contribution is -2.41. The second-order valence-corrected chi connectivity index (χ2v) is 16.7. The Hall–Kier alpha value is -3.15. The topological polar surface area (TPSA) is 36.9 Å². The Labute approximate surface area is 287 Å². The van der Waals surface area contributed by atoms with Gasteiger partial charge in [-0.2, -0.15) is 0 Å². The summed E-state index contributed by atoms with van der Waals surface area (Å²) in [6.07, 6.45) is 4.25. The molecule has 4 aromatic rings. The van der Waals surface area contributed by atoms with Crippen molar-refractivity contribution in [3.05, 3.63) is 119 Å². The van der Waals surface area contributed by atoms with E-state index in [-0.39, 0.29) is 47.5 Å². The zero-order valence-corrected chi connectivity index (χ0v) is 29.9. The summed E-state index contributed by atoms with van der Waals surface area (Å²) >= 11 is 0. The van der Waals surface area contributed by atoms with Crippen molar-refractivity contribution in [2.24, 2.45) is 0 Å². The van der Waals surface area contributed by atoms with Crippen molar-refractivity contribution in [3.63, 3.8) is 0 Å². The molecule has 8 rings (SSSR count). The zero-order valence-electron chi connectivity index (χ0n) is 29.9. The molecule has 3 fully saturated rings. The predicted molar refractivity (Wildman–Crippen MR) is 196 cm³/mol. The Morgan fingerprint density at radius 2 is 0.708 bits per heavy atom. The Kier molecular flexibility index (Phi) is 7.13. The molecule has 4 aromatic carbocycles. The molecule has 0 N–H and O–H groups in total. The molecule has 1 saturated carbocycles. The van der Waals surface area contributed by atoms with Gasteiger partial charge in [-0.3, -0.25) is 0 Å². The number of fused-ring (bicyclic) bond motifs is 5. The standard InChI is InChI=1S/C42H48B2O4/c1-37(2)38(3,4)46-43(45-37)31-21-17-29(18-22-31)41(30-19-23-32(24-20-30)44-47-39(5,6)40(7,8)48-44)25-27-42(28-26-41)35-15-11-9-13-33(35)34-14-10-12-16-36(34)42/h9-24H,25-28H2,1-8H3. The molecule has 6 heteroatoms. The van der Waals surface area contributed by atoms with E-state index in [1.807, 2.05) is 0 Å². The van der Waals surface area contributed by atoms with Gasteiger partial charge in [-0.25, -0.2) is 0 Å². The highest BCUT2D eigenvalue weighted by atomic mass is 16.7. The molecule has 246 valence electrons. The lowest BCUT2D eigenvalue weighted by molar-refractivity contribution is 0.00578. The maximum Gasteiger partial charge on any atom is 0.494 e. The second-order valence-electron chi connectivity index (χ2n) is 16.7.